The highest BCUT2D eigenvalue weighted by atomic mass is 16.5. The van der Waals surface area contributed by atoms with Gasteiger partial charge < -0.3 is 20.1 Å². The van der Waals surface area contributed by atoms with Crippen molar-refractivity contribution in [2.75, 3.05) is 33.4 Å². The van der Waals surface area contributed by atoms with Crippen molar-refractivity contribution in [2.24, 2.45) is 11.3 Å². The molecule has 0 radical (unpaired) electrons. The summed E-state index contributed by atoms with van der Waals surface area (Å²) < 4.78 is 5.02. The van der Waals surface area contributed by atoms with Crippen molar-refractivity contribution in [3.63, 3.8) is 0 Å². The second-order valence-electron chi connectivity index (χ2n) is 5.75. The Hall–Kier alpha value is -1.30. The average molecular weight is 286 g/mol. The number of carboxylic acid groups (broad SMARTS) is 1. The number of urea groups is 1. The van der Waals surface area contributed by atoms with Crippen molar-refractivity contribution < 1.29 is 19.4 Å². The molecule has 1 aliphatic heterocycles. The molecule has 6 heteroatoms. The Morgan fingerprint density at radius 3 is 2.75 bits per heavy atom. The van der Waals surface area contributed by atoms with Gasteiger partial charge in [-0.1, -0.05) is 20.3 Å². The van der Waals surface area contributed by atoms with Gasteiger partial charge in [-0.3, -0.25) is 4.79 Å². The lowest BCUT2D eigenvalue weighted by atomic mass is 9.83. The molecule has 0 bridgehead atoms. The normalized spacial score (nSPS) is 23.6. The van der Waals surface area contributed by atoms with Gasteiger partial charge in [-0.2, -0.15) is 0 Å². The standard InChI is InChI=1S/C14H26N2O4/c1-4-5-14(12(17)18)6-7-16(10-14)13(19)15-8-11(2)9-20-3/h11H,4-10H2,1-3H3,(H,15,19)(H,17,18). The van der Waals surface area contributed by atoms with Crippen LogP contribution in [0.5, 0.6) is 0 Å². The minimum atomic E-state index is -0.789. The van der Waals surface area contributed by atoms with Crippen LogP contribution in [-0.4, -0.2) is 55.4 Å². The molecule has 1 heterocycles. The van der Waals surface area contributed by atoms with Gasteiger partial charge in [-0.25, -0.2) is 4.79 Å². The molecule has 1 fully saturated rings. The number of hydrogen-bond acceptors (Lipinski definition) is 3. The maximum Gasteiger partial charge on any atom is 0.317 e. The molecule has 0 aliphatic carbocycles. The van der Waals surface area contributed by atoms with Crippen LogP contribution in [0.2, 0.25) is 0 Å². The molecule has 2 amide bonds. The molecule has 1 saturated heterocycles. The van der Waals surface area contributed by atoms with Crippen LogP contribution in [0.3, 0.4) is 0 Å². The van der Waals surface area contributed by atoms with Crippen LogP contribution in [0.1, 0.15) is 33.1 Å². The minimum absolute atomic E-state index is 0.174. The fourth-order valence-corrected chi connectivity index (χ4v) is 2.73. The SMILES string of the molecule is CCCC1(C(=O)O)CCN(C(=O)NCC(C)COC)C1. The molecule has 0 aromatic rings. The van der Waals surface area contributed by atoms with Crippen LogP contribution in [0.15, 0.2) is 0 Å². The van der Waals surface area contributed by atoms with Gasteiger partial charge in [0.05, 0.1) is 12.0 Å². The number of rotatable bonds is 7. The minimum Gasteiger partial charge on any atom is -0.481 e. The summed E-state index contributed by atoms with van der Waals surface area (Å²) in [6, 6.07) is -0.174. The summed E-state index contributed by atoms with van der Waals surface area (Å²) in [6.45, 7) is 5.91. The smallest absolute Gasteiger partial charge is 0.317 e. The molecule has 2 atom stereocenters. The highest BCUT2D eigenvalue weighted by Gasteiger charge is 2.45. The Balaban J connectivity index is 2.49. The topological polar surface area (TPSA) is 78.9 Å². The van der Waals surface area contributed by atoms with E-state index in [1.165, 1.54) is 0 Å². The third-order valence-corrected chi connectivity index (χ3v) is 3.88. The first-order chi connectivity index (χ1) is 9.45. The molecule has 1 rings (SSSR count). The van der Waals surface area contributed by atoms with E-state index in [1.54, 1.807) is 12.0 Å². The molecule has 2 N–H and O–H groups in total. The predicted molar refractivity (Wildman–Crippen MR) is 75.6 cm³/mol. The summed E-state index contributed by atoms with van der Waals surface area (Å²) in [6.07, 6.45) is 1.97. The van der Waals surface area contributed by atoms with E-state index in [0.29, 0.717) is 39.1 Å². The van der Waals surface area contributed by atoms with Crippen LogP contribution < -0.4 is 5.32 Å². The van der Waals surface area contributed by atoms with Crippen LogP contribution in [0.4, 0.5) is 4.79 Å². The van der Waals surface area contributed by atoms with Gasteiger partial charge in [0.1, 0.15) is 0 Å². The second-order valence-corrected chi connectivity index (χ2v) is 5.75. The van der Waals surface area contributed by atoms with E-state index in [4.69, 9.17) is 4.74 Å². The Morgan fingerprint density at radius 2 is 2.20 bits per heavy atom. The number of aliphatic carboxylic acids is 1. The Kier molecular flexibility index (Phi) is 6.26. The quantitative estimate of drug-likeness (QED) is 0.744. The molecule has 0 aromatic carbocycles. The zero-order valence-electron chi connectivity index (χ0n) is 12.6. The summed E-state index contributed by atoms with van der Waals surface area (Å²) in [5, 5.41) is 12.2. The highest BCUT2D eigenvalue weighted by molar-refractivity contribution is 5.79. The number of nitrogens with one attached hydrogen (secondary N) is 1. The number of carboxylic acids is 1. The number of ether oxygens (including phenoxy) is 1. The summed E-state index contributed by atoms with van der Waals surface area (Å²) in [7, 11) is 1.63. The van der Waals surface area contributed by atoms with Crippen LogP contribution in [0, 0.1) is 11.3 Å². The van der Waals surface area contributed by atoms with Crippen molar-refractivity contribution in [2.45, 2.75) is 33.1 Å². The summed E-state index contributed by atoms with van der Waals surface area (Å²) in [5.41, 5.74) is -0.760. The van der Waals surface area contributed by atoms with E-state index in [2.05, 4.69) is 5.32 Å². The van der Waals surface area contributed by atoms with E-state index < -0.39 is 11.4 Å². The average Bonchev–Trinajstić information content (AvgIpc) is 2.82. The number of hydrogen-bond donors (Lipinski definition) is 2. The lowest BCUT2D eigenvalue weighted by molar-refractivity contribution is -0.148. The van der Waals surface area contributed by atoms with E-state index in [9.17, 15) is 14.7 Å². The number of likely N-dealkylation sites (tertiary alicyclic amines) is 1. The molecule has 2 unspecified atom stereocenters. The van der Waals surface area contributed by atoms with E-state index in [-0.39, 0.29) is 11.9 Å². The third kappa shape index (κ3) is 4.10. The first-order valence-corrected chi connectivity index (χ1v) is 7.20. The highest BCUT2D eigenvalue weighted by Crippen LogP contribution is 2.35. The molecule has 20 heavy (non-hydrogen) atoms. The maximum absolute atomic E-state index is 12.0. The molecule has 1 aliphatic rings. The molecule has 6 nitrogen and oxygen atoms in total. The number of carbonyl (C=O) groups excluding carboxylic acids is 1. The van der Waals surface area contributed by atoms with Crippen molar-refractivity contribution in [1.29, 1.82) is 0 Å². The number of amides is 2. The fraction of sp³-hybridized carbons (Fsp3) is 0.857. The van der Waals surface area contributed by atoms with E-state index in [0.717, 1.165) is 6.42 Å². The summed E-state index contributed by atoms with van der Waals surface area (Å²) in [5.74, 6) is -0.547. The summed E-state index contributed by atoms with van der Waals surface area (Å²) >= 11 is 0. The first-order valence-electron chi connectivity index (χ1n) is 7.20. The fourth-order valence-electron chi connectivity index (χ4n) is 2.73. The van der Waals surface area contributed by atoms with Gasteiger partial charge in [0.25, 0.3) is 0 Å². The van der Waals surface area contributed by atoms with Gasteiger partial charge in [0, 0.05) is 26.7 Å². The van der Waals surface area contributed by atoms with Crippen LogP contribution in [0.25, 0.3) is 0 Å². The van der Waals surface area contributed by atoms with Crippen molar-refractivity contribution >= 4 is 12.0 Å². The number of nitrogens with zero attached hydrogens (tertiary/aromatic N) is 1. The van der Waals surface area contributed by atoms with Crippen molar-refractivity contribution in [3.05, 3.63) is 0 Å². The molecule has 0 spiro atoms. The molecule has 116 valence electrons. The van der Waals surface area contributed by atoms with Gasteiger partial charge in [0.2, 0.25) is 0 Å². The zero-order valence-corrected chi connectivity index (χ0v) is 12.6. The molecule has 0 saturated carbocycles. The Bertz CT molecular complexity index is 348. The second kappa shape index (κ2) is 7.47. The van der Waals surface area contributed by atoms with Crippen molar-refractivity contribution in [1.82, 2.24) is 10.2 Å². The zero-order chi connectivity index (χ0) is 15.2. The van der Waals surface area contributed by atoms with E-state index in [1.807, 2.05) is 13.8 Å². The number of carbonyl (C=O) groups is 2. The summed E-state index contributed by atoms with van der Waals surface area (Å²) in [4.78, 5) is 25.1. The Labute approximate surface area is 120 Å². The van der Waals surface area contributed by atoms with Crippen LogP contribution >= 0.6 is 0 Å². The lowest BCUT2D eigenvalue weighted by Crippen LogP contribution is -2.43. The maximum atomic E-state index is 12.0. The van der Waals surface area contributed by atoms with Gasteiger partial charge in [-0.15, -0.1) is 0 Å². The molecular formula is C14H26N2O4. The van der Waals surface area contributed by atoms with Gasteiger partial charge in [-0.05, 0) is 18.8 Å². The largest absolute Gasteiger partial charge is 0.481 e. The molecular weight excluding hydrogens is 260 g/mol. The van der Waals surface area contributed by atoms with E-state index >= 15 is 0 Å². The number of methoxy groups -OCH3 is 1. The van der Waals surface area contributed by atoms with Gasteiger partial charge in [0.15, 0.2) is 0 Å². The van der Waals surface area contributed by atoms with Crippen molar-refractivity contribution in [3.8, 4) is 0 Å². The monoisotopic (exact) mass is 286 g/mol. The molecule has 0 aromatic heterocycles. The van der Waals surface area contributed by atoms with Gasteiger partial charge >= 0.3 is 12.0 Å². The Morgan fingerprint density at radius 1 is 1.50 bits per heavy atom. The van der Waals surface area contributed by atoms with Crippen LogP contribution in [-0.2, 0) is 9.53 Å². The predicted octanol–water partition coefficient (Wildman–Crippen LogP) is 1.56. The third-order valence-electron chi connectivity index (χ3n) is 3.88. The lowest BCUT2D eigenvalue weighted by Gasteiger charge is -2.24. The first kappa shape index (κ1) is 16.8.